The molecule has 0 aromatic carbocycles. The Balaban J connectivity index is 1.77. The minimum atomic E-state index is 0.478. The molecule has 5 heteroatoms. The van der Waals surface area contributed by atoms with Crippen LogP contribution in [-0.2, 0) is 0 Å². The number of piperidine rings is 1. The SMILES string of the molecule is Nc1cc(Cl)cnc1OCCN1CCCCC1. The summed E-state index contributed by atoms with van der Waals surface area (Å²) < 4.78 is 5.56. The average Bonchev–Trinajstić information content (AvgIpc) is 2.33. The van der Waals surface area contributed by atoms with E-state index in [0.29, 0.717) is 23.2 Å². The number of nitrogens with zero attached hydrogens (tertiary/aromatic N) is 2. The van der Waals surface area contributed by atoms with Crippen molar-refractivity contribution in [2.24, 2.45) is 0 Å². The van der Waals surface area contributed by atoms with Crippen LogP contribution in [-0.4, -0.2) is 36.1 Å². The van der Waals surface area contributed by atoms with Crippen molar-refractivity contribution in [1.29, 1.82) is 0 Å². The van der Waals surface area contributed by atoms with Crippen LogP contribution in [0.1, 0.15) is 19.3 Å². The van der Waals surface area contributed by atoms with Crippen LogP contribution in [0.25, 0.3) is 0 Å². The van der Waals surface area contributed by atoms with E-state index in [2.05, 4.69) is 9.88 Å². The molecule has 0 spiro atoms. The fourth-order valence-corrected chi connectivity index (χ4v) is 2.18. The van der Waals surface area contributed by atoms with Crippen LogP contribution in [0, 0.1) is 0 Å². The van der Waals surface area contributed by atoms with Crippen molar-refractivity contribution in [2.45, 2.75) is 19.3 Å². The maximum absolute atomic E-state index is 5.77. The van der Waals surface area contributed by atoms with E-state index in [4.69, 9.17) is 22.1 Å². The molecule has 0 saturated carbocycles. The van der Waals surface area contributed by atoms with Crippen molar-refractivity contribution in [3.8, 4) is 5.88 Å². The van der Waals surface area contributed by atoms with Crippen LogP contribution >= 0.6 is 11.6 Å². The molecule has 0 atom stereocenters. The first-order valence-electron chi connectivity index (χ1n) is 6.02. The number of hydrogen-bond donors (Lipinski definition) is 1. The van der Waals surface area contributed by atoms with Crippen LogP contribution in [0.4, 0.5) is 5.69 Å². The summed E-state index contributed by atoms with van der Waals surface area (Å²) in [6.07, 6.45) is 5.49. The summed E-state index contributed by atoms with van der Waals surface area (Å²) in [7, 11) is 0. The molecular formula is C12H18ClN3O. The lowest BCUT2D eigenvalue weighted by Crippen LogP contribution is -2.33. The molecule has 0 amide bonds. The Labute approximate surface area is 107 Å². The maximum atomic E-state index is 5.77. The van der Waals surface area contributed by atoms with E-state index in [0.717, 1.165) is 6.54 Å². The van der Waals surface area contributed by atoms with E-state index in [-0.39, 0.29) is 0 Å². The van der Waals surface area contributed by atoms with Gasteiger partial charge in [0, 0.05) is 12.7 Å². The predicted octanol–water partition coefficient (Wildman–Crippen LogP) is 2.18. The number of ether oxygens (including phenoxy) is 1. The third kappa shape index (κ3) is 3.75. The quantitative estimate of drug-likeness (QED) is 0.896. The molecule has 2 N–H and O–H groups in total. The highest BCUT2D eigenvalue weighted by molar-refractivity contribution is 6.30. The third-order valence-electron chi connectivity index (χ3n) is 2.94. The minimum Gasteiger partial charge on any atom is -0.475 e. The van der Waals surface area contributed by atoms with Gasteiger partial charge in [-0.05, 0) is 32.0 Å². The summed E-state index contributed by atoms with van der Waals surface area (Å²) in [5.74, 6) is 0.478. The molecule has 1 saturated heterocycles. The fourth-order valence-electron chi connectivity index (χ4n) is 2.02. The second kappa shape index (κ2) is 6.07. The highest BCUT2D eigenvalue weighted by Gasteiger charge is 2.10. The van der Waals surface area contributed by atoms with Gasteiger partial charge < -0.3 is 10.5 Å². The molecule has 1 aliphatic heterocycles. The number of rotatable bonds is 4. The fraction of sp³-hybridized carbons (Fsp3) is 0.583. The molecule has 2 heterocycles. The lowest BCUT2D eigenvalue weighted by molar-refractivity contribution is 0.181. The smallest absolute Gasteiger partial charge is 0.237 e. The van der Waals surface area contributed by atoms with Crippen molar-refractivity contribution in [2.75, 3.05) is 32.0 Å². The van der Waals surface area contributed by atoms with E-state index >= 15 is 0 Å². The largest absolute Gasteiger partial charge is 0.475 e. The molecule has 1 aliphatic rings. The number of likely N-dealkylation sites (tertiary alicyclic amines) is 1. The van der Waals surface area contributed by atoms with Gasteiger partial charge in [0.15, 0.2) is 0 Å². The normalized spacial score (nSPS) is 17.0. The monoisotopic (exact) mass is 255 g/mol. The van der Waals surface area contributed by atoms with Crippen LogP contribution in [0.5, 0.6) is 5.88 Å². The zero-order valence-corrected chi connectivity index (χ0v) is 10.6. The van der Waals surface area contributed by atoms with Crippen LogP contribution < -0.4 is 10.5 Å². The van der Waals surface area contributed by atoms with Gasteiger partial charge in [-0.1, -0.05) is 18.0 Å². The second-order valence-electron chi connectivity index (χ2n) is 4.30. The highest BCUT2D eigenvalue weighted by atomic mass is 35.5. The number of aromatic nitrogens is 1. The van der Waals surface area contributed by atoms with E-state index in [1.54, 1.807) is 12.3 Å². The molecule has 0 bridgehead atoms. The second-order valence-corrected chi connectivity index (χ2v) is 4.74. The number of nitrogens with two attached hydrogens (primary N) is 1. The lowest BCUT2D eigenvalue weighted by Gasteiger charge is -2.26. The van der Waals surface area contributed by atoms with Crippen molar-refractivity contribution in [3.63, 3.8) is 0 Å². The first kappa shape index (κ1) is 12.5. The molecule has 0 radical (unpaired) electrons. The van der Waals surface area contributed by atoms with Gasteiger partial charge in [-0.15, -0.1) is 0 Å². The minimum absolute atomic E-state index is 0.478. The molecule has 1 aromatic rings. The van der Waals surface area contributed by atoms with Crippen LogP contribution in [0.2, 0.25) is 5.02 Å². The Hall–Kier alpha value is -1.00. The van der Waals surface area contributed by atoms with Crippen LogP contribution in [0.3, 0.4) is 0 Å². The van der Waals surface area contributed by atoms with E-state index in [1.165, 1.54) is 32.4 Å². The number of anilines is 1. The number of hydrogen-bond acceptors (Lipinski definition) is 4. The Bertz CT molecular complexity index is 367. The Kier molecular flexibility index (Phi) is 4.45. The standard InChI is InChI=1S/C12H18ClN3O/c13-10-8-11(14)12(15-9-10)17-7-6-16-4-2-1-3-5-16/h8-9H,1-7,14H2. The molecule has 2 rings (SSSR count). The first-order valence-corrected chi connectivity index (χ1v) is 6.39. The molecular weight excluding hydrogens is 238 g/mol. The average molecular weight is 256 g/mol. The predicted molar refractivity (Wildman–Crippen MR) is 69.4 cm³/mol. The first-order chi connectivity index (χ1) is 8.25. The summed E-state index contributed by atoms with van der Waals surface area (Å²) in [6.45, 7) is 3.91. The molecule has 1 aromatic heterocycles. The van der Waals surface area contributed by atoms with Crippen molar-refractivity contribution < 1.29 is 4.74 Å². The molecule has 0 unspecified atom stereocenters. The van der Waals surface area contributed by atoms with Gasteiger partial charge in [-0.25, -0.2) is 4.98 Å². The van der Waals surface area contributed by atoms with E-state index in [1.807, 2.05) is 0 Å². The third-order valence-corrected chi connectivity index (χ3v) is 3.15. The van der Waals surface area contributed by atoms with Crippen molar-refractivity contribution >= 4 is 17.3 Å². The van der Waals surface area contributed by atoms with Gasteiger partial charge in [-0.2, -0.15) is 0 Å². The number of halogens is 1. The summed E-state index contributed by atoms with van der Waals surface area (Å²) >= 11 is 5.77. The molecule has 1 fully saturated rings. The van der Waals surface area contributed by atoms with Gasteiger partial charge in [0.1, 0.15) is 6.61 Å². The van der Waals surface area contributed by atoms with Gasteiger partial charge in [0.25, 0.3) is 0 Å². The Morgan fingerprint density at radius 1 is 1.35 bits per heavy atom. The van der Waals surface area contributed by atoms with Crippen LogP contribution in [0.15, 0.2) is 12.3 Å². The maximum Gasteiger partial charge on any atom is 0.237 e. The zero-order valence-electron chi connectivity index (χ0n) is 9.86. The Morgan fingerprint density at radius 2 is 2.12 bits per heavy atom. The Morgan fingerprint density at radius 3 is 2.82 bits per heavy atom. The van der Waals surface area contributed by atoms with Crippen molar-refractivity contribution in [3.05, 3.63) is 17.3 Å². The topological polar surface area (TPSA) is 51.4 Å². The molecule has 17 heavy (non-hydrogen) atoms. The van der Waals surface area contributed by atoms with Crippen molar-refractivity contribution in [1.82, 2.24) is 9.88 Å². The van der Waals surface area contributed by atoms with Gasteiger partial charge >= 0.3 is 0 Å². The zero-order chi connectivity index (χ0) is 12.1. The van der Waals surface area contributed by atoms with Gasteiger partial charge in [0.2, 0.25) is 5.88 Å². The summed E-state index contributed by atoms with van der Waals surface area (Å²) in [4.78, 5) is 6.48. The lowest BCUT2D eigenvalue weighted by atomic mass is 10.1. The van der Waals surface area contributed by atoms with E-state index in [9.17, 15) is 0 Å². The number of nitrogen functional groups attached to an aromatic ring is 1. The summed E-state index contributed by atoms with van der Waals surface area (Å²) in [5, 5.41) is 0.533. The molecule has 0 aliphatic carbocycles. The van der Waals surface area contributed by atoms with Gasteiger partial charge in [0.05, 0.1) is 10.7 Å². The number of pyridine rings is 1. The van der Waals surface area contributed by atoms with Gasteiger partial charge in [-0.3, -0.25) is 4.90 Å². The van der Waals surface area contributed by atoms with E-state index < -0.39 is 0 Å². The molecule has 94 valence electrons. The summed E-state index contributed by atoms with van der Waals surface area (Å²) in [6, 6.07) is 1.66. The highest BCUT2D eigenvalue weighted by Crippen LogP contribution is 2.21. The molecule has 4 nitrogen and oxygen atoms in total. The summed E-state index contributed by atoms with van der Waals surface area (Å²) in [5.41, 5.74) is 6.25.